The summed E-state index contributed by atoms with van der Waals surface area (Å²) >= 11 is 0. The molecule has 0 aliphatic heterocycles. The van der Waals surface area contributed by atoms with Crippen molar-refractivity contribution in [2.24, 2.45) is 0 Å². The van der Waals surface area contributed by atoms with Gasteiger partial charge in [0.15, 0.2) is 0 Å². The highest BCUT2D eigenvalue weighted by Gasteiger charge is 2.03. The Morgan fingerprint density at radius 1 is 1.67 bits per heavy atom. The second kappa shape index (κ2) is 4.16. The van der Waals surface area contributed by atoms with Gasteiger partial charge >= 0.3 is 0 Å². The minimum absolute atomic E-state index is 0.293. The highest BCUT2D eigenvalue weighted by atomic mass is 19.1. The van der Waals surface area contributed by atoms with Crippen LogP contribution in [0.2, 0.25) is 0 Å². The van der Waals surface area contributed by atoms with Crippen LogP contribution in [0, 0.1) is 5.82 Å². The lowest BCUT2D eigenvalue weighted by atomic mass is 10.1. The largest absolute Gasteiger partial charge is 0.393 e. The van der Waals surface area contributed by atoms with Crippen LogP contribution in [0.4, 0.5) is 4.39 Å². The molecule has 3 heteroatoms. The topological polar surface area (TPSA) is 33.1 Å². The van der Waals surface area contributed by atoms with Crippen molar-refractivity contribution in [1.29, 1.82) is 0 Å². The van der Waals surface area contributed by atoms with Crippen LogP contribution in [0.25, 0.3) is 0 Å². The van der Waals surface area contributed by atoms with Crippen molar-refractivity contribution in [2.75, 3.05) is 0 Å². The molecule has 0 spiro atoms. The Bertz CT molecular complexity index is 250. The predicted octanol–water partition coefficient (Wildman–Crippen LogP) is 1.53. The predicted molar refractivity (Wildman–Crippen MR) is 44.2 cm³/mol. The summed E-state index contributed by atoms with van der Waals surface area (Å²) < 4.78 is 12.9. The van der Waals surface area contributed by atoms with Gasteiger partial charge in [0, 0.05) is 6.20 Å². The first-order chi connectivity index (χ1) is 5.70. The van der Waals surface area contributed by atoms with Gasteiger partial charge in [-0.2, -0.15) is 0 Å². The van der Waals surface area contributed by atoms with E-state index in [4.69, 9.17) is 5.11 Å². The van der Waals surface area contributed by atoms with Gasteiger partial charge in [-0.1, -0.05) is 0 Å². The van der Waals surface area contributed by atoms with Crippen molar-refractivity contribution in [3.05, 3.63) is 29.8 Å². The van der Waals surface area contributed by atoms with Gasteiger partial charge in [-0.05, 0) is 31.9 Å². The summed E-state index contributed by atoms with van der Waals surface area (Å²) in [5, 5.41) is 8.95. The van der Waals surface area contributed by atoms with E-state index >= 15 is 0 Å². The number of aliphatic hydroxyl groups excluding tert-OH is 1. The molecule has 1 heterocycles. The average Bonchev–Trinajstić information content (AvgIpc) is 2.03. The molecule has 1 atom stereocenters. The number of pyridine rings is 1. The summed E-state index contributed by atoms with van der Waals surface area (Å²) in [4.78, 5) is 3.86. The first-order valence-electron chi connectivity index (χ1n) is 3.97. The first-order valence-corrected chi connectivity index (χ1v) is 3.97. The fourth-order valence-electron chi connectivity index (χ4n) is 0.948. The van der Waals surface area contributed by atoms with E-state index in [1.807, 2.05) is 0 Å². The van der Waals surface area contributed by atoms with Crippen LogP contribution in [0.3, 0.4) is 0 Å². The van der Waals surface area contributed by atoms with Crippen LogP contribution >= 0.6 is 0 Å². The van der Waals surface area contributed by atoms with Gasteiger partial charge in [0.25, 0.3) is 0 Å². The molecule has 0 radical (unpaired) electrons. The molecule has 0 aromatic carbocycles. The van der Waals surface area contributed by atoms with Gasteiger partial charge in [-0.15, -0.1) is 0 Å². The SMILES string of the molecule is C[C@@H](O)CCc1ncccc1F. The van der Waals surface area contributed by atoms with Crippen molar-refractivity contribution in [2.45, 2.75) is 25.9 Å². The van der Waals surface area contributed by atoms with Gasteiger partial charge in [0.05, 0.1) is 11.8 Å². The lowest BCUT2D eigenvalue weighted by Gasteiger charge is -2.03. The first kappa shape index (κ1) is 9.13. The second-order valence-corrected chi connectivity index (χ2v) is 2.82. The van der Waals surface area contributed by atoms with Crippen molar-refractivity contribution in [1.82, 2.24) is 4.98 Å². The molecular weight excluding hydrogens is 157 g/mol. The highest BCUT2D eigenvalue weighted by molar-refractivity contribution is 5.06. The third-order valence-corrected chi connectivity index (χ3v) is 1.63. The Morgan fingerprint density at radius 3 is 3.00 bits per heavy atom. The third-order valence-electron chi connectivity index (χ3n) is 1.63. The number of nitrogens with zero attached hydrogens (tertiary/aromatic N) is 1. The van der Waals surface area contributed by atoms with Gasteiger partial charge in [0.2, 0.25) is 0 Å². The van der Waals surface area contributed by atoms with Crippen LogP contribution in [0.1, 0.15) is 19.0 Å². The van der Waals surface area contributed by atoms with E-state index in [9.17, 15) is 4.39 Å². The summed E-state index contributed by atoms with van der Waals surface area (Å²) in [6.45, 7) is 1.68. The Balaban J connectivity index is 2.57. The van der Waals surface area contributed by atoms with Crippen LogP contribution in [0.15, 0.2) is 18.3 Å². The molecule has 2 nitrogen and oxygen atoms in total. The van der Waals surface area contributed by atoms with E-state index in [1.54, 1.807) is 19.2 Å². The molecule has 0 saturated carbocycles. The molecule has 1 rings (SSSR count). The number of rotatable bonds is 3. The van der Waals surface area contributed by atoms with Crippen LogP contribution in [-0.2, 0) is 6.42 Å². The molecular formula is C9H12FNO. The molecule has 0 amide bonds. The summed E-state index contributed by atoms with van der Waals surface area (Å²) in [5.74, 6) is -0.293. The molecule has 0 unspecified atom stereocenters. The van der Waals surface area contributed by atoms with Crippen molar-refractivity contribution in [3.8, 4) is 0 Å². The van der Waals surface area contributed by atoms with E-state index in [2.05, 4.69) is 4.98 Å². The van der Waals surface area contributed by atoms with Gasteiger partial charge < -0.3 is 5.11 Å². The van der Waals surface area contributed by atoms with Gasteiger partial charge in [0.1, 0.15) is 5.82 Å². The standard InChI is InChI=1S/C9H12FNO/c1-7(12)4-5-9-8(10)3-2-6-11-9/h2-3,6-7,12H,4-5H2,1H3/t7-/m1/s1. The average molecular weight is 169 g/mol. The van der Waals surface area contributed by atoms with E-state index < -0.39 is 6.10 Å². The van der Waals surface area contributed by atoms with Crippen molar-refractivity contribution < 1.29 is 9.50 Å². The van der Waals surface area contributed by atoms with Crippen LogP contribution < -0.4 is 0 Å². The molecule has 0 aliphatic rings. The molecule has 1 aromatic heterocycles. The normalized spacial score (nSPS) is 12.9. The maximum atomic E-state index is 12.9. The number of aromatic nitrogens is 1. The van der Waals surface area contributed by atoms with E-state index in [0.29, 0.717) is 18.5 Å². The maximum Gasteiger partial charge on any atom is 0.144 e. The number of hydrogen-bond donors (Lipinski definition) is 1. The zero-order valence-corrected chi connectivity index (χ0v) is 7.00. The third kappa shape index (κ3) is 2.58. The zero-order chi connectivity index (χ0) is 8.97. The number of aryl methyl sites for hydroxylation is 1. The van der Waals surface area contributed by atoms with Gasteiger partial charge in [-0.25, -0.2) is 4.39 Å². The molecule has 0 fully saturated rings. The minimum atomic E-state index is -0.397. The summed E-state index contributed by atoms with van der Waals surface area (Å²) in [5.41, 5.74) is 0.429. The van der Waals surface area contributed by atoms with E-state index in [0.717, 1.165) is 0 Å². The van der Waals surface area contributed by atoms with Crippen molar-refractivity contribution >= 4 is 0 Å². The monoisotopic (exact) mass is 169 g/mol. The lowest BCUT2D eigenvalue weighted by Crippen LogP contribution is -2.03. The minimum Gasteiger partial charge on any atom is -0.393 e. The molecule has 0 aliphatic carbocycles. The molecule has 1 N–H and O–H groups in total. The molecule has 0 saturated heterocycles. The second-order valence-electron chi connectivity index (χ2n) is 2.82. The summed E-state index contributed by atoms with van der Waals surface area (Å²) in [6, 6.07) is 2.94. The quantitative estimate of drug-likeness (QED) is 0.744. The molecule has 1 aromatic rings. The number of aliphatic hydroxyl groups is 1. The highest BCUT2D eigenvalue weighted by Crippen LogP contribution is 2.06. The Hall–Kier alpha value is -0.960. The Morgan fingerprint density at radius 2 is 2.42 bits per heavy atom. The van der Waals surface area contributed by atoms with Crippen LogP contribution in [-0.4, -0.2) is 16.2 Å². The fraction of sp³-hybridized carbons (Fsp3) is 0.444. The summed E-state index contributed by atoms with van der Waals surface area (Å²) in [7, 11) is 0. The molecule has 12 heavy (non-hydrogen) atoms. The van der Waals surface area contributed by atoms with Gasteiger partial charge in [-0.3, -0.25) is 4.98 Å². The zero-order valence-electron chi connectivity index (χ0n) is 7.00. The van der Waals surface area contributed by atoms with Crippen molar-refractivity contribution in [3.63, 3.8) is 0 Å². The lowest BCUT2D eigenvalue weighted by molar-refractivity contribution is 0.184. The molecule has 0 bridgehead atoms. The Kier molecular flexibility index (Phi) is 3.17. The number of halogens is 1. The fourth-order valence-corrected chi connectivity index (χ4v) is 0.948. The molecule has 66 valence electrons. The van der Waals surface area contributed by atoms with Crippen LogP contribution in [0.5, 0.6) is 0 Å². The smallest absolute Gasteiger partial charge is 0.144 e. The van der Waals surface area contributed by atoms with E-state index in [1.165, 1.54) is 6.07 Å². The number of hydrogen-bond acceptors (Lipinski definition) is 2. The van der Waals surface area contributed by atoms with E-state index in [-0.39, 0.29) is 5.82 Å². The summed E-state index contributed by atoms with van der Waals surface area (Å²) in [6.07, 6.45) is 2.20. The maximum absolute atomic E-state index is 12.9. The Labute approximate surface area is 71.1 Å².